The first-order chi connectivity index (χ1) is 21.0. The first kappa shape index (κ1) is 43.4. The van der Waals surface area contributed by atoms with Gasteiger partial charge in [-0.1, -0.05) is 19.6 Å². The number of rotatable bonds is 6. The number of carbonyl (C=O) groups excluding carboxylic acids is 5. The summed E-state index contributed by atoms with van der Waals surface area (Å²) < 4.78 is 20.8. The van der Waals surface area contributed by atoms with Gasteiger partial charge in [-0.15, -0.1) is 0 Å². The fraction of sp³-hybridized carbons (Fsp3) is 0.806. The molecule has 272 valence electrons. The van der Waals surface area contributed by atoms with Crippen LogP contribution in [0.15, 0.2) is 0 Å². The smallest absolute Gasteiger partial charge is 0.411 e. The minimum absolute atomic E-state index is 0. The van der Waals surface area contributed by atoms with Crippen LogP contribution in [0.25, 0.3) is 0 Å². The zero-order chi connectivity index (χ0) is 35.6. The number of carbonyl (C=O) groups is 5. The first-order valence-corrected chi connectivity index (χ1v) is 15.9. The van der Waals surface area contributed by atoms with Crippen molar-refractivity contribution in [2.24, 2.45) is 11.5 Å². The molecule has 47 heavy (non-hydrogen) atoms. The molecule has 15 nitrogen and oxygen atoms in total. The number of hydrogen-bond acceptors (Lipinski definition) is 10. The number of nitrogens with zero attached hydrogens (tertiary/aromatic N) is 2. The molecule has 0 aromatic heterocycles. The molecule has 0 aromatic rings. The van der Waals surface area contributed by atoms with Crippen molar-refractivity contribution in [3.63, 3.8) is 0 Å². The molecule has 2 aliphatic heterocycles. The van der Waals surface area contributed by atoms with Crippen LogP contribution in [0.3, 0.4) is 0 Å². The summed E-state index contributed by atoms with van der Waals surface area (Å²) in [6.07, 6.45) is -0.473. The SMILES string of the molecule is C.CC(C)OC(=O)NC1CCC(C(N)=O)N(C(=O)OC(C)(C)C)C1.CC(C)OC(=O)N[C@@H]1CC[C@@H](C(N)=S)N(C(=O)OC(C)(C)C)C1. The van der Waals surface area contributed by atoms with Gasteiger partial charge in [0.2, 0.25) is 5.91 Å². The van der Waals surface area contributed by atoms with E-state index in [1.807, 2.05) is 0 Å². The summed E-state index contributed by atoms with van der Waals surface area (Å²) in [5.74, 6) is -0.584. The van der Waals surface area contributed by atoms with Crippen molar-refractivity contribution < 1.29 is 42.9 Å². The van der Waals surface area contributed by atoms with Crippen molar-refractivity contribution in [1.82, 2.24) is 20.4 Å². The molecule has 0 spiro atoms. The van der Waals surface area contributed by atoms with Crippen LogP contribution in [-0.4, -0.2) is 106 Å². The molecular weight excluding hydrogens is 632 g/mol. The van der Waals surface area contributed by atoms with Gasteiger partial charge < -0.3 is 41.0 Å². The van der Waals surface area contributed by atoms with Crippen LogP contribution in [-0.2, 0) is 23.7 Å². The summed E-state index contributed by atoms with van der Waals surface area (Å²) in [5, 5.41) is 5.46. The van der Waals surface area contributed by atoms with Crippen LogP contribution >= 0.6 is 12.2 Å². The van der Waals surface area contributed by atoms with Gasteiger partial charge in [0.1, 0.15) is 17.2 Å². The van der Waals surface area contributed by atoms with E-state index in [4.69, 9.17) is 42.6 Å². The molecule has 0 aliphatic carbocycles. The van der Waals surface area contributed by atoms with E-state index in [1.165, 1.54) is 9.80 Å². The minimum atomic E-state index is -0.732. The van der Waals surface area contributed by atoms with Gasteiger partial charge in [0.05, 0.1) is 35.3 Å². The lowest BCUT2D eigenvalue weighted by atomic mass is 9.98. The number of hydrogen-bond donors (Lipinski definition) is 4. The van der Waals surface area contributed by atoms with Crippen molar-refractivity contribution in [2.45, 2.75) is 150 Å². The quantitative estimate of drug-likeness (QED) is 0.230. The molecule has 2 heterocycles. The molecule has 2 unspecified atom stereocenters. The summed E-state index contributed by atoms with van der Waals surface area (Å²) in [6.45, 7) is 18.1. The third-order valence-electron chi connectivity index (χ3n) is 6.41. The molecular formula is C31H58N6O9S. The van der Waals surface area contributed by atoms with Gasteiger partial charge in [0, 0.05) is 13.1 Å². The number of piperidine rings is 2. The van der Waals surface area contributed by atoms with Crippen LogP contribution in [0, 0.1) is 0 Å². The Kier molecular flexibility index (Phi) is 17.3. The minimum Gasteiger partial charge on any atom is -0.447 e. The average Bonchev–Trinajstić information content (AvgIpc) is 2.85. The van der Waals surface area contributed by atoms with Crippen molar-refractivity contribution >= 4 is 47.5 Å². The Hall–Kier alpha value is -3.56. The molecule has 2 saturated heterocycles. The number of likely N-dealkylation sites (tertiary alicyclic amines) is 2. The molecule has 16 heteroatoms. The highest BCUT2D eigenvalue weighted by Gasteiger charge is 2.38. The van der Waals surface area contributed by atoms with E-state index in [9.17, 15) is 24.0 Å². The monoisotopic (exact) mass is 690 g/mol. The van der Waals surface area contributed by atoms with Crippen molar-refractivity contribution in [1.29, 1.82) is 0 Å². The fourth-order valence-electron chi connectivity index (χ4n) is 4.64. The Balaban J connectivity index is 0.000000882. The Labute approximate surface area is 285 Å². The van der Waals surface area contributed by atoms with Crippen LogP contribution in [0.2, 0.25) is 0 Å². The maximum absolute atomic E-state index is 12.4. The number of amides is 5. The molecule has 2 rings (SSSR count). The summed E-state index contributed by atoms with van der Waals surface area (Å²) in [5.41, 5.74) is 9.81. The van der Waals surface area contributed by atoms with E-state index in [-0.39, 0.29) is 55.8 Å². The Morgan fingerprint density at radius 3 is 1.32 bits per heavy atom. The summed E-state index contributed by atoms with van der Waals surface area (Å²) in [6, 6.07) is -1.63. The van der Waals surface area contributed by atoms with Crippen LogP contribution in [0.4, 0.5) is 19.2 Å². The molecule has 2 aliphatic rings. The lowest BCUT2D eigenvalue weighted by Crippen LogP contribution is -2.58. The molecule has 0 radical (unpaired) electrons. The van der Waals surface area contributed by atoms with Gasteiger partial charge in [-0.05, 0) is 94.9 Å². The predicted octanol–water partition coefficient (Wildman–Crippen LogP) is 4.19. The number of alkyl carbamates (subject to hydrolysis) is 2. The lowest BCUT2D eigenvalue weighted by molar-refractivity contribution is -0.124. The largest absolute Gasteiger partial charge is 0.447 e. The third kappa shape index (κ3) is 16.7. The molecule has 4 atom stereocenters. The normalized spacial score (nSPS) is 21.3. The second-order valence-corrected chi connectivity index (χ2v) is 14.3. The van der Waals surface area contributed by atoms with Gasteiger partial charge in [-0.3, -0.25) is 14.6 Å². The molecule has 0 bridgehead atoms. The van der Waals surface area contributed by atoms with Crippen molar-refractivity contribution in [2.75, 3.05) is 13.1 Å². The molecule has 0 saturated carbocycles. The highest BCUT2D eigenvalue weighted by atomic mass is 32.1. The van der Waals surface area contributed by atoms with Crippen molar-refractivity contribution in [3.05, 3.63) is 0 Å². The Bertz CT molecular complexity index is 1010. The summed E-state index contributed by atoms with van der Waals surface area (Å²) >= 11 is 5.05. The van der Waals surface area contributed by atoms with Gasteiger partial charge in [0.25, 0.3) is 0 Å². The maximum Gasteiger partial charge on any atom is 0.411 e. The standard InChI is InChI=1S/C15H27N3O5.C15H27N3O4S.CH4/c1-9(2)22-13(20)17-10-6-7-11(12(16)19)18(8-10)14(21)23-15(3,4)5;1-9(2)21-13(19)17-10-6-7-11(12(16)23)18(8-10)14(20)22-15(3,4)5;/h9-11H,6-8H2,1-5H3,(H2,16,19)(H,17,20);9-11H,6-8H2,1-5H3,(H2,16,23)(H,17,19);1H4/t;10-,11+;/m.1./s1. The predicted molar refractivity (Wildman–Crippen MR) is 182 cm³/mol. The summed E-state index contributed by atoms with van der Waals surface area (Å²) in [4.78, 5) is 62.7. The Morgan fingerprint density at radius 1 is 0.681 bits per heavy atom. The number of thiocarbonyl (C=S) groups is 1. The van der Waals surface area contributed by atoms with E-state index in [0.717, 1.165) is 0 Å². The van der Waals surface area contributed by atoms with Crippen LogP contribution in [0.5, 0.6) is 0 Å². The fourth-order valence-corrected chi connectivity index (χ4v) is 4.89. The second-order valence-electron chi connectivity index (χ2n) is 13.8. The van der Waals surface area contributed by atoms with E-state index in [0.29, 0.717) is 25.7 Å². The lowest BCUT2D eigenvalue weighted by Gasteiger charge is -2.39. The van der Waals surface area contributed by atoms with Gasteiger partial charge >= 0.3 is 24.4 Å². The van der Waals surface area contributed by atoms with Gasteiger partial charge in [0.15, 0.2) is 0 Å². The number of nitrogens with one attached hydrogen (secondary N) is 2. The molecule has 0 aromatic carbocycles. The number of nitrogens with two attached hydrogens (primary N) is 2. The zero-order valence-corrected chi connectivity index (χ0v) is 29.7. The Morgan fingerprint density at radius 2 is 1.02 bits per heavy atom. The molecule has 6 N–H and O–H groups in total. The molecule has 2 fully saturated rings. The van der Waals surface area contributed by atoms with Crippen LogP contribution in [0.1, 0.15) is 102 Å². The number of primary amides is 1. The highest BCUT2D eigenvalue weighted by molar-refractivity contribution is 7.80. The van der Waals surface area contributed by atoms with E-state index in [2.05, 4.69) is 10.6 Å². The zero-order valence-electron chi connectivity index (χ0n) is 28.8. The molecule has 5 amide bonds. The number of ether oxygens (including phenoxy) is 4. The maximum atomic E-state index is 12.4. The van der Waals surface area contributed by atoms with Gasteiger partial charge in [-0.2, -0.15) is 0 Å². The first-order valence-electron chi connectivity index (χ1n) is 15.5. The summed E-state index contributed by atoms with van der Waals surface area (Å²) in [7, 11) is 0. The van der Waals surface area contributed by atoms with E-state index in [1.54, 1.807) is 69.2 Å². The topological polar surface area (TPSA) is 205 Å². The third-order valence-corrected chi connectivity index (χ3v) is 6.68. The highest BCUT2D eigenvalue weighted by Crippen LogP contribution is 2.22. The van der Waals surface area contributed by atoms with E-state index < -0.39 is 47.5 Å². The average molecular weight is 691 g/mol. The van der Waals surface area contributed by atoms with Crippen molar-refractivity contribution in [3.8, 4) is 0 Å². The van der Waals surface area contributed by atoms with E-state index >= 15 is 0 Å². The second kappa shape index (κ2) is 18.7. The van der Waals surface area contributed by atoms with Crippen LogP contribution < -0.4 is 22.1 Å². The van der Waals surface area contributed by atoms with Gasteiger partial charge in [-0.25, -0.2) is 19.2 Å².